The first-order valence-electron chi connectivity index (χ1n) is 7.77. The second-order valence-corrected chi connectivity index (χ2v) is 19.7. The highest BCUT2D eigenvalue weighted by Gasteiger charge is 2.18. The molecule has 0 fully saturated rings. The summed E-state index contributed by atoms with van der Waals surface area (Å²) in [6, 6.07) is 16.8. The summed E-state index contributed by atoms with van der Waals surface area (Å²) in [5, 5.41) is 4.68. The van der Waals surface area contributed by atoms with E-state index in [1.807, 2.05) is 24.3 Å². The van der Waals surface area contributed by atoms with Crippen molar-refractivity contribution >= 4 is 44.9 Å². The molecule has 1 radical (unpaired) electrons. The molecule has 0 unspecified atom stereocenters. The van der Waals surface area contributed by atoms with Crippen LogP contribution in [0.5, 0.6) is 0 Å². The van der Waals surface area contributed by atoms with Crippen molar-refractivity contribution in [2.45, 2.75) is 39.3 Å². The van der Waals surface area contributed by atoms with E-state index in [4.69, 9.17) is 0 Å². The Morgan fingerprint density at radius 1 is 0.591 bits per heavy atom. The Morgan fingerprint density at radius 2 is 0.864 bits per heavy atom. The van der Waals surface area contributed by atoms with Crippen LogP contribution in [-0.2, 0) is 4.57 Å². The summed E-state index contributed by atoms with van der Waals surface area (Å²) in [7, 11) is -4.06. The van der Waals surface area contributed by atoms with E-state index in [0.29, 0.717) is 0 Å². The molecule has 0 bridgehead atoms. The minimum absolute atomic E-state index is 0.928. The first kappa shape index (κ1) is 17.3. The molecule has 0 spiro atoms. The van der Waals surface area contributed by atoms with Gasteiger partial charge in [0.1, 0.15) is 7.80 Å². The van der Waals surface area contributed by atoms with Gasteiger partial charge in [0.2, 0.25) is 0 Å². The van der Waals surface area contributed by atoms with E-state index < -0.39 is 23.9 Å². The maximum absolute atomic E-state index is 12.7. The molecule has 0 amide bonds. The van der Waals surface area contributed by atoms with Gasteiger partial charge >= 0.3 is 0 Å². The number of rotatable bonds is 4. The molecular formula is C18H26OPSi2. The van der Waals surface area contributed by atoms with Crippen LogP contribution < -0.4 is 21.0 Å². The van der Waals surface area contributed by atoms with Crippen molar-refractivity contribution in [2.24, 2.45) is 0 Å². The highest BCUT2D eigenvalue weighted by molar-refractivity contribution is 7.61. The topological polar surface area (TPSA) is 17.1 Å². The Bertz CT molecular complexity index is 603. The highest BCUT2D eigenvalue weighted by Crippen LogP contribution is 2.19. The van der Waals surface area contributed by atoms with Gasteiger partial charge in [-0.25, -0.2) is 0 Å². The van der Waals surface area contributed by atoms with Crippen LogP contribution in [0.2, 0.25) is 39.3 Å². The lowest BCUT2D eigenvalue weighted by Crippen LogP contribution is -2.38. The van der Waals surface area contributed by atoms with Gasteiger partial charge in [0.05, 0.1) is 16.1 Å². The average Bonchev–Trinajstić information content (AvgIpc) is 2.45. The summed E-state index contributed by atoms with van der Waals surface area (Å²) in [6.07, 6.45) is 0. The van der Waals surface area contributed by atoms with Gasteiger partial charge in [-0.2, -0.15) is 0 Å². The van der Waals surface area contributed by atoms with Crippen LogP contribution in [-0.4, -0.2) is 16.1 Å². The van der Waals surface area contributed by atoms with Crippen molar-refractivity contribution in [3.05, 3.63) is 48.5 Å². The van der Waals surface area contributed by atoms with E-state index in [9.17, 15) is 4.57 Å². The minimum Gasteiger partial charge on any atom is -0.277 e. The van der Waals surface area contributed by atoms with Crippen molar-refractivity contribution < 1.29 is 4.57 Å². The van der Waals surface area contributed by atoms with Crippen LogP contribution >= 0.6 is 7.80 Å². The van der Waals surface area contributed by atoms with E-state index in [1.165, 1.54) is 10.4 Å². The molecule has 0 N–H and O–H groups in total. The van der Waals surface area contributed by atoms with E-state index in [2.05, 4.69) is 63.5 Å². The second-order valence-electron chi connectivity index (χ2n) is 7.89. The fourth-order valence-electron chi connectivity index (χ4n) is 2.34. The first-order chi connectivity index (χ1) is 10.1. The van der Waals surface area contributed by atoms with Crippen LogP contribution in [0.15, 0.2) is 48.5 Å². The lowest BCUT2D eigenvalue weighted by atomic mass is 10.4. The third-order valence-electron chi connectivity index (χ3n) is 3.94. The molecule has 0 heterocycles. The van der Waals surface area contributed by atoms with Crippen LogP contribution in [0.25, 0.3) is 0 Å². The Hall–Kier alpha value is -1.03. The minimum atomic E-state index is -1.49. The summed E-state index contributed by atoms with van der Waals surface area (Å²) in [5.74, 6) is 0. The molecule has 0 aliphatic rings. The van der Waals surface area contributed by atoms with E-state index in [1.54, 1.807) is 0 Å². The summed E-state index contributed by atoms with van der Waals surface area (Å²) in [4.78, 5) is 0. The summed E-state index contributed by atoms with van der Waals surface area (Å²) in [5.41, 5.74) is 0. The zero-order valence-electron chi connectivity index (χ0n) is 14.5. The normalized spacial score (nSPS) is 12.3. The molecule has 117 valence electrons. The first-order valence-corrected chi connectivity index (χ1v) is 16.0. The van der Waals surface area contributed by atoms with Crippen LogP contribution in [0.3, 0.4) is 0 Å². The molecular weight excluding hydrogens is 319 g/mol. The van der Waals surface area contributed by atoms with Gasteiger partial charge in [-0.15, -0.1) is 0 Å². The Balaban J connectivity index is 2.25. The maximum atomic E-state index is 12.7. The van der Waals surface area contributed by atoms with Crippen molar-refractivity contribution in [1.82, 2.24) is 0 Å². The monoisotopic (exact) mass is 345 g/mol. The van der Waals surface area contributed by atoms with Gasteiger partial charge in [-0.3, -0.25) is 4.57 Å². The summed E-state index contributed by atoms with van der Waals surface area (Å²) < 4.78 is 12.7. The molecule has 2 rings (SSSR count). The predicted molar refractivity (Wildman–Crippen MR) is 106 cm³/mol. The molecule has 0 saturated carbocycles. The van der Waals surface area contributed by atoms with Crippen LogP contribution in [0.1, 0.15) is 0 Å². The smallest absolute Gasteiger partial charge is 0.136 e. The van der Waals surface area contributed by atoms with Gasteiger partial charge in [0.15, 0.2) is 0 Å². The zero-order chi connectivity index (χ0) is 16.5. The van der Waals surface area contributed by atoms with Gasteiger partial charge in [-0.05, 0) is 24.3 Å². The highest BCUT2D eigenvalue weighted by atomic mass is 31.1. The Morgan fingerprint density at radius 3 is 1.09 bits per heavy atom. The van der Waals surface area contributed by atoms with E-state index >= 15 is 0 Å². The van der Waals surface area contributed by atoms with Gasteiger partial charge in [0, 0.05) is 10.6 Å². The predicted octanol–water partition coefficient (Wildman–Crippen LogP) is 3.56. The standard InChI is InChI=1S/C18H26OPSi2/c1-21(2,3)17-11-7-15(8-12-17)20(19)16-9-13-18(14-10-16)22(4,5)6/h7-14H,1-6H3. The Labute approximate surface area is 137 Å². The molecule has 0 saturated heterocycles. The molecule has 2 aromatic rings. The molecule has 2 aromatic carbocycles. The van der Waals surface area contributed by atoms with Crippen LogP contribution in [0, 0.1) is 0 Å². The lowest BCUT2D eigenvalue weighted by Gasteiger charge is -2.17. The van der Waals surface area contributed by atoms with Crippen molar-refractivity contribution in [1.29, 1.82) is 0 Å². The second kappa shape index (κ2) is 6.23. The van der Waals surface area contributed by atoms with Crippen LogP contribution in [0.4, 0.5) is 0 Å². The third kappa shape index (κ3) is 4.04. The molecule has 4 heteroatoms. The van der Waals surface area contributed by atoms with Crippen molar-refractivity contribution in [2.75, 3.05) is 0 Å². The molecule has 1 nitrogen and oxygen atoms in total. The molecule has 0 aliphatic heterocycles. The number of hydrogen-bond donors (Lipinski definition) is 0. The fraction of sp³-hybridized carbons (Fsp3) is 0.333. The van der Waals surface area contributed by atoms with Gasteiger partial charge < -0.3 is 0 Å². The average molecular weight is 346 g/mol. The van der Waals surface area contributed by atoms with Gasteiger partial charge in [-0.1, -0.05) is 73.9 Å². The zero-order valence-corrected chi connectivity index (χ0v) is 17.4. The fourth-order valence-corrected chi connectivity index (χ4v) is 5.81. The largest absolute Gasteiger partial charge is 0.277 e. The SMILES string of the molecule is C[Si](C)(C)c1ccc([P](=O)c2ccc([Si](C)(C)C)cc2)cc1. The lowest BCUT2D eigenvalue weighted by molar-refractivity contribution is 0.598. The molecule has 22 heavy (non-hydrogen) atoms. The number of benzene rings is 2. The molecule has 0 atom stereocenters. The molecule has 0 aromatic heterocycles. The van der Waals surface area contributed by atoms with Gasteiger partial charge in [0.25, 0.3) is 0 Å². The molecule has 0 aliphatic carbocycles. The maximum Gasteiger partial charge on any atom is 0.136 e. The number of hydrogen-bond acceptors (Lipinski definition) is 1. The summed E-state index contributed by atoms with van der Waals surface area (Å²) >= 11 is 0. The third-order valence-corrected chi connectivity index (χ3v) is 9.60. The van der Waals surface area contributed by atoms with Crippen molar-refractivity contribution in [3.63, 3.8) is 0 Å². The summed E-state index contributed by atoms with van der Waals surface area (Å²) in [6.45, 7) is 14.0. The van der Waals surface area contributed by atoms with E-state index in [0.717, 1.165) is 10.6 Å². The van der Waals surface area contributed by atoms with Crippen molar-refractivity contribution in [3.8, 4) is 0 Å². The van der Waals surface area contributed by atoms with E-state index in [-0.39, 0.29) is 0 Å². The quantitative estimate of drug-likeness (QED) is 0.612. The Kier molecular flexibility index (Phi) is 4.91.